The Morgan fingerprint density at radius 3 is 2.24 bits per heavy atom. The first-order chi connectivity index (χ1) is 19.0. The van der Waals surface area contributed by atoms with Crippen LogP contribution in [0.25, 0.3) is 11.1 Å². The zero-order valence-electron chi connectivity index (χ0n) is 24.6. The highest BCUT2D eigenvalue weighted by Crippen LogP contribution is 2.65. The molecule has 216 valence electrons. The van der Waals surface area contributed by atoms with Gasteiger partial charge in [0.1, 0.15) is 22.8 Å². The lowest BCUT2D eigenvalue weighted by molar-refractivity contribution is -0.171. The maximum Gasteiger partial charge on any atom is 0.209 e. The highest BCUT2D eigenvalue weighted by atomic mass is 16.3. The van der Waals surface area contributed by atoms with Gasteiger partial charge in [0.2, 0.25) is 5.78 Å². The fraction of sp³-hybridized carbons (Fsp3) is 0.441. The summed E-state index contributed by atoms with van der Waals surface area (Å²) in [6.07, 6.45) is 0.295. The lowest BCUT2D eigenvalue weighted by atomic mass is 9.44. The fourth-order valence-corrected chi connectivity index (χ4v) is 8.07. The molecule has 3 aliphatic rings. The minimum atomic E-state index is -2.62. The van der Waals surface area contributed by atoms with Crippen molar-refractivity contribution in [2.75, 3.05) is 0 Å². The van der Waals surface area contributed by atoms with E-state index in [0.29, 0.717) is 5.56 Å². The van der Waals surface area contributed by atoms with Crippen molar-refractivity contribution in [2.45, 2.75) is 72.8 Å². The van der Waals surface area contributed by atoms with Crippen LogP contribution in [0.15, 0.2) is 59.1 Å². The van der Waals surface area contributed by atoms with Gasteiger partial charge in [-0.1, -0.05) is 71.9 Å². The molecular formula is C34H38O7. The van der Waals surface area contributed by atoms with Gasteiger partial charge in [0.15, 0.2) is 17.2 Å². The molecule has 3 aliphatic carbocycles. The van der Waals surface area contributed by atoms with Crippen LogP contribution in [-0.4, -0.2) is 43.4 Å². The molecule has 0 heterocycles. The molecule has 41 heavy (non-hydrogen) atoms. The maximum absolute atomic E-state index is 14.2. The van der Waals surface area contributed by atoms with Crippen molar-refractivity contribution in [3.63, 3.8) is 0 Å². The van der Waals surface area contributed by atoms with E-state index < -0.39 is 56.8 Å². The molecule has 0 aliphatic heterocycles. The molecule has 0 aromatic heterocycles. The van der Waals surface area contributed by atoms with Gasteiger partial charge in [0, 0.05) is 22.3 Å². The van der Waals surface area contributed by atoms with Gasteiger partial charge in [-0.2, -0.15) is 0 Å². The van der Waals surface area contributed by atoms with Gasteiger partial charge in [-0.05, 0) is 59.9 Å². The number of carbonyl (C=O) groups excluding carboxylic acids is 3. The molecule has 0 spiro atoms. The predicted octanol–water partition coefficient (Wildman–Crippen LogP) is 6.14. The van der Waals surface area contributed by atoms with Crippen molar-refractivity contribution >= 4 is 17.3 Å². The molecule has 1 unspecified atom stereocenters. The number of carbonyl (C=O) groups is 3. The monoisotopic (exact) mass is 558 g/mol. The number of aliphatic hydroxyl groups is 3. The van der Waals surface area contributed by atoms with E-state index in [1.54, 1.807) is 13.0 Å². The third-order valence-electron chi connectivity index (χ3n) is 9.75. The highest BCUT2D eigenvalue weighted by molar-refractivity contribution is 6.25. The van der Waals surface area contributed by atoms with E-state index in [1.165, 1.54) is 6.07 Å². The van der Waals surface area contributed by atoms with Gasteiger partial charge >= 0.3 is 0 Å². The Morgan fingerprint density at radius 1 is 1.00 bits per heavy atom. The lowest BCUT2D eigenvalue weighted by Crippen LogP contribution is -2.67. The van der Waals surface area contributed by atoms with Crippen LogP contribution in [-0.2, 0) is 16.0 Å². The Kier molecular flexibility index (Phi) is 6.43. The van der Waals surface area contributed by atoms with Crippen molar-refractivity contribution in [1.82, 2.24) is 0 Å². The van der Waals surface area contributed by atoms with Gasteiger partial charge in [0.25, 0.3) is 0 Å². The minimum Gasteiger partial charge on any atom is -0.511 e. The summed E-state index contributed by atoms with van der Waals surface area (Å²) >= 11 is 0. The smallest absolute Gasteiger partial charge is 0.209 e. The second-order valence-electron chi connectivity index (χ2n) is 13.2. The Morgan fingerprint density at radius 2 is 1.66 bits per heavy atom. The summed E-state index contributed by atoms with van der Waals surface area (Å²) < 4.78 is 0. The molecule has 7 nitrogen and oxygen atoms in total. The summed E-state index contributed by atoms with van der Waals surface area (Å²) in [7, 11) is 0. The van der Waals surface area contributed by atoms with Gasteiger partial charge in [-0.15, -0.1) is 0 Å². The molecule has 7 heteroatoms. The van der Waals surface area contributed by atoms with E-state index in [4.69, 9.17) is 0 Å². The topological polar surface area (TPSA) is 132 Å². The fourth-order valence-electron chi connectivity index (χ4n) is 8.07. The number of fused-ring (bicyclic) bond motifs is 3. The van der Waals surface area contributed by atoms with Crippen LogP contribution in [0.1, 0.15) is 82.3 Å². The second-order valence-corrected chi connectivity index (χ2v) is 13.2. The Balaban J connectivity index is 1.80. The van der Waals surface area contributed by atoms with Crippen molar-refractivity contribution in [1.29, 1.82) is 0 Å². The van der Waals surface area contributed by atoms with E-state index in [2.05, 4.69) is 19.9 Å². The number of ketones is 3. The van der Waals surface area contributed by atoms with Crippen molar-refractivity contribution in [3.05, 3.63) is 75.8 Å². The van der Waals surface area contributed by atoms with Crippen LogP contribution in [0.5, 0.6) is 5.75 Å². The molecule has 0 saturated heterocycles. The number of phenolic OH excluding ortho intramolecular Hbond substituents is 1. The zero-order valence-corrected chi connectivity index (χ0v) is 24.6. The molecular weight excluding hydrogens is 520 g/mol. The quantitative estimate of drug-likeness (QED) is 0.332. The number of Topliss-reactive ketones (excluding diaryl/α,β-unsaturated/α-hetero) is 3. The van der Waals surface area contributed by atoms with Crippen LogP contribution in [0.3, 0.4) is 0 Å². The van der Waals surface area contributed by atoms with E-state index in [1.807, 2.05) is 39.0 Å². The number of hydrogen-bond donors (Lipinski definition) is 4. The maximum atomic E-state index is 14.2. The number of aromatic hydroxyl groups is 1. The summed E-state index contributed by atoms with van der Waals surface area (Å²) in [5.74, 6) is -4.87. The van der Waals surface area contributed by atoms with Crippen LogP contribution in [0.4, 0.5) is 0 Å². The van der Waals surface area contributed by atoms with E-state index in [0.717, 1.165) is 23.6 Å². The normalized spacial score (nSPS) is 29.6. The molecule has 0 bridgehead atoms. The molecule has 2 aromatic rings. The summed E-state index contributed by atoms with van der Waals surface area (Å²) in [5, 5.41) is 46.2. The van der Waals surface area contributed by atoms with Gasteiger partial charge in [-0.25, -0.2) is 0 Å². The SMILES string of the molecule is CC(=O)C1=C(O)C(C(C)C)[C@@]2(C)C[C@@]3(C)Cc4c(-c5cccc(C(C)C)c5)ccc(O)c4C(=O)C3=C(O)[C@@]2(O)C1=O. The Hall–Kier alpha value is -3.71. The van der Waals surface area contributed by atoms with E-state index >= 15 is 0 Å². The summed E-state index contributed by atoms with van der Waals surface area (Å²) in [5.41, 5.74) is -2.39. The second kappa shape index (κ2) is 9.15. The molecule has 4 N–H and O–H groups in total. The Bertz CT molecular complexity index is 1590. The van der Waals surface area contributed by atoms with Gasteiger partial charge < -0.3 is 20.4 Å². The number of phenols is 1. The molecule has 0 saturated carbocycles. The molecule has 0 fully saturated rings. The van der Waals surface area contributed by atoms with Gasteiger partial charge in [-0.3, -0.25) is 14.4 Å². The molecule has 4 atom stereocenters. The van der Waals surface area contributed by atoms with Crippen LogP contribution in [0, 0.1) is 22.7 Å². The van der Waals surface area contributed by atoms with Crippen LogP contribution >= 0.6 is 0 Å². The van der Waals surface area contributed by atoms with Crippen molar-refractivity contribution < 1.29 is 34.8 Å². The summed E-state index contributed by atoms with van der Waals surface area (Å²) in [6, 6.07) is 11.2. The number of hydrogen-bond acceptors (Lipinski definition) is 7. The molecule has 0 amide bonds. The zero-order chi connectivity index (χ0) is 30.4. The van der Waals surface area contributed by atoms with Gasteiger partial charge in [0.05, 0.1) is 5.56 Å². The molecule has 0 radical (unpaired) electrons. The van der Waals surface area contributed by atoms with Crippen molar-refractivity contribution in [3.8, 4) is 16.9 Å². The standard InChI is InChI=1S/C34H38O7/c1-16(2)19-9-8-10-20(13-19)21-11-12-23(36)25-22(21)14-32(6)15-33(7)26(17(3)4)28(37)24(18(5)35)30(39)34(33,41)31(40)27(32)29(25)38/h8-13,16-17,26,36-37,40-41H,14-15H2,1-7H3/t26?,32-,33-,34+/m1/s1. The molecule has 5 rings (SSSR count). The first kappa shape index (κ1) is 28.8. The van der Waals surface area contributed by atoms with Crippen molar-refractivity contribution in [2.24, 2.45) is 22.7 Å². The highest BCUT2D eigenvalue weighted by Gasteiger charge is 2.71. The summed E-state index contributed by atoms with van der Waals surface area (Å²) in [6.45, 7) is 12.4. The minimum absolute atomic E-state index is 0.0255. The number of rotatable bonds is 4. The van der Waals surface area contributed by atoms with Crippen LogP contribution in [0.2, 0.25) is 0 Å². The van der Waals surface area contributed by atoms with Crippen LogP contribution < -0.4 is 0 Å². The Labute approximate surface area is 240 Å². The summed E-state index contributed by atoms with van der Waals surface area (Å²) in [4.78, 5) is 40.6. The number of allylic oxidation sites excluding steroid dienone is 2. The lowest BCUT2D eigenvalue weighted by Gasteiger charge is -2.59. The third-order valence-corrected chi connectivity index (χ3v) is 9.75. The number of benzene rings is 2. The predicted molar refractivity (Wildman–Crippen MR) is 155 cm³/mol. The first-order valence-electron chi connectivity index (χ1n) is 14.2. The van der Waals surface area contributed by atoms with E-state index in [9.17, 15) is 34.8 Å². The molecule has 2 aromatic carbocycles. The largest absolute Gasteiger partial charge is 0.511 e. The first-order valence-corrected chi connectivity index (χ1v) is 14.2. The third kappa shape index (κ3) is 3.71. The average Bonchev–Trinajstić information content (AvgIpc) is 2.86. The van der Waals surface area contributed by atoms with E-state index in [-0.39, 0.29) is 41.6 Å². The number of aliphatic hydroxyl groups excluding tert-OH is 2. The average molecular weight is 559 g/mol.